The summed E-state index contributed by atoms with van der Waals surface area (Å²) in [4.78, 5) is 4.34. The van der Waals surface area contributed by atoms with Crippen LogP contribution >= 0.6 is 0 Å². The standard InChI is InChI=1S/C14H25N3/c1-3-12(4-2)11-14(17-15)9-8-13-7-5-6-10-16-13/h5-7,10,12,14,17H,3-4,8-9,11,15H2,1-2H3. The summed E-state index contributed by atoms with van der Waals surface area (Å²) in [5.41, 5.74) is 4.09. The number of aromatic nitrogens is 1. The molecule has 0 spiro atoms. The molecule has 1 heterocycles. The molecule has 1 aromatic rings. The maximum atomic E-state index is 5.62. The molecule has 0 radical (unpaired) electrons. The van der Waals surface area contributed by atoms with E-state index in [2.05, 4.69) is 30.3 Å². The van der Waals surface area contributed by atoms with Crippen molar-refractivity contribution >= 4 is 0 Å². The van der Waals surface area contributed by atoms with E-state index in [-0.39, 0.29) is 0 Å². The lowest BCUT2D eigenvalue weighted by Gasteiger charge is -2.21. The van der Waals surface area contributed by atoms with Gasteiger partial charge in [-0.1, -0.05) is 32.8 Å². The minimum absolute atomic E-state index is 0.405. The summed E-state index contributed by atoms with van der Waals surface area (Å²) in [5.74, 6) is 6.40. The Bertz CT molecular complexity index is 283. The van der Waals surface area contributed by atoms with E-state index >= 15 is 0 Å². The zero-order valence-electron chi connectivity index (χ0n) is 11.0. The molecule has 1 rings (SSSR count). The highest BCUT2D eigenvalue weighted by molar-refractivity contribution is 5.03. The number of nitrogens with two attached hydrogens (primary N) is 1. The highest BCUT2D eigenvalue weighted by atomic mass is 15.2. The van der Waals surface area contributed by atoms with Crippen molar-refractivity contribution in [1.82, 2.24) is 10.4 Å². The summed E-state index contributed by atoms with van der Waals surface area (Å²) in [6, 6.07) is 6.47. The average molecular weight is 235 g/mol. The SMILES string of the molecule is CCC(CC)CC(CCc1ccccn1)NN. The first-order valence-corrected chi connectivity index (χ1v) is 6.66. The second-order valence-electron chi connectivity index (χ2n) is 4.64. The van der Waals surface area contributed by atoms with Gasteiger partial charge in [-0.25, -0.2) is 0 Å². The van der Waals surface area contributed by atoms with Crippen LogP contribution in [0.25, 0.3) is 0 Å². The Morgan fingerprint density at radius 2 is 2.06 bits per heavy atom. The number of hydrogen-bond acceptors (Lipinski definition) is 3. The molecule has 1 atom stereocenters. The molecule has 3 N–H and O–H groups in total. The third-order valence-corrected chi connectivity index (χ3v) is 3.48. The number of hydrazine groups is 1. The van der Waals surface area contributed by atoms with Gasteiger partial charge in [-0.05, 0) is 37.3 Å². The van der Waals surface area contributed by atoms with Crippen LogP contribution in [0.15, 0.2) is 24.4 Å². The van der Waals surface area contributed by atoms with Crippen LogP contribution < -0.4 is 11.3 Å². The van der Waals surface area contributed by atoms with E-state index in [0.717, 1.165) is 30.9 Å². The number of rotatable bonds is 8. The van der Waals surface area contributed by atoms with Crippen LogP contribution in [-0.4, -0.2) is 11.0 Å². The molecule has 17 heavy (non-hydrogen) atoms. The van der Waals surface area contributed by atoms with Crippen molar-refractivity contribution in [1.29, 1.82) is 0 Å². The molecular formula is C14H25N3. The Hall–Kier alpha value is -0.930. The van der Waals surface area contributed by atoms with Gasteiger partial charge in [0.1, 0.15) is 0 Å². The lowest BCUT2D eigenvalue weighted by atomic mass is 9.92. The van der Waals surface area contributed by atoms with Gasteiger partial charge in [-0.2, -0.15) is 0 Å². The third-order valence-electron chi connectivity index (χ3n) is 3.48. The zero-order valence-corrected chi connectivity index (χ0v) is 11.0. The monoisotopic (exact) mass is 235 g/mol. The number of hydrogen-bond donors (Lipinski definition) is 2. The highest BCUT2D eigenvalue weighted by Crippen LogP contribution is 2.17. The molecule has 0 bridgehead atoms. The summed E-state index contributed by atoms with van der Waals surface area (Å²) >= 11 is 0. The van der Waals surface area contributed by atoms with Gasteiger partial charge in [0.2, 0.25) is 0 Å². The molecule has 0 aliphatic rings. The normalized spacial score (nSPS) is 12.9. The lowest BCUT2D eigenvalue weighted by molar-refractivity contribution is 0.354. The minimum atomic E-state index is 0.405. The molecule has 1 aromatic heterocycles. The Balaban J connectivity index is 2.37. The fourth-order valence-corrected chi connectivity index (χ4v) is 2.16. The minimum Gasteiger partial charge on any atom is -0.271 e. The van der Waals surface area contributed by atoms with Crippen LogP contribution in [0.2, 0.25) is 0 Å². The molecule has 0 aliphatic heterocycles. The maximum absolute atomic E-state index is 5.62. The van der Waals surface area contributed by atoms with E-state index in [0.29, 0.717) is 6.04 Å². The average Bonchev–Trinajstić information content (AvgIpc) is 2.40. The van der Waals surface area contributed by atoms with Gasteiger partial charge in [0, 0.05) is 17.9 Å². The van der Waals surface area contributed by atoms with E-state index < -0.39 is 0 Å². The smallest absolute Gasteiger partial charge is 0.0404 e. The first-order valence-electron chi connectivity index (χ1n) is 6.66. The number of nitrogens with zero attached hydrogens (tertiary/aromatic N) is 1. The van der Waals surface area contributed by atoms with E-state index in [1.807, 2.05) is 18.3 Å². The molecule has 0 saturated carbocycles. The van der Waals surface area contributed by atoms with Crippen molar-refractivity contribution in [3.63, 3.8) is 0 Å². The Labute approximate surface area is 105 Å². The second-order valence-corrected chi connectivity index (χ2v) is 4.64. The molecule has 0 aromatic carbocycles. The van der Waals surface area contributed by atoms with Gasteiger partial charge >= 0.3 is 0 Å². The van der Waals surface area contributed by atoms with E-state index in [1.54, 1.807) is 0 Å². The van der Waals surface area contributed by atoms with E-state index in [1.165, 1.54) is 12.8 Å². The van der Waals surface area contributed by atoms with E-state index in [9.17, 15) is 0 Å². The van der Waals surface area contributed by atoms with Gasteiger partial charge in [0.15, 0.2) is 0 Å². The van der Waals surface area contributed by atoms with Gasteiger partial charge < -0.3 is 0 Å². The molecule has 3 nitrogen and oxygen atoms in total. The molecule has 0 amide bonds. The van der Waals surface area contributed by atoms with Crippen molar-refractivity contribution < 1.29 is 0 Å². The van der Waals surface area contributed by atoms with Gasteiger partial charge in [0.05, 0.1) is 0 Å². The predicted molar refractivity (Wildman–Crippen MR) is 72.4 cm³/mol. The molecule has 1 unspecified atom stereocenters. The molecule has 0 fully saturated rings. The van der Waals surface area contributed by atoms with Crippen molar-refractivity contribution in [3.05, 3.63) is 30.1 Å². The largest absolute Gasteiger partial charge is 0.271 e. The van der Waals surface area contributed by atoms with Crippen molar-refractivity contribution in [2.75, 3.05) is 0 Å². The Morgan fingerprint density at radius 1 is 1.29 bits per heavy atom. The van der Waals surface area contributed by atoms with Gasteiger partial charge in [0.25, 0.3) is 0 Å². The molecule has 0 saturated heterocycles. The molecule has 0 aliphatic carbocycles. The first-order chi connectivity index (χ1) is 8.30. The highest BCUT2D eigenvalue weighted by Gasteiger charge is 2.12. The Kier molecular flexibility index (Phi) is 6.82. The lowest BCUT2D eigenvalue weighted by Crippen LogP contribution is -2.37. The van der Waals surface area contributed by atoms with Crippen LogP contribution in [0.5, 0.6) is 0 Å². The fraction of sp³-hybridized carbons (Fsp3) is 0.643. The zero-order chi connectivity index (χ0) is 12.5. The van der Waals surface area contributed by atoms with Gasteiger partial charge in [-0.15, -0.1) is 0 Å². The molecular weight excluding hydrogens is 210 g/mol. The number of nitrogens with one attached hydrogen (secondary N) is 1. The molecule has 96 valence electrons. The number of aryl methyl sites for hydroxylation is 1. The summed E-state index contributed by atoms with van der Waals surface area (Å²) in [7, 11) is 0. The van der Waals surface area contributed by atoms with Crippen LogP contribution in [0.3, 0.4) is 0 Å². The summed E-state index contributed by atoms with van der Waals surface area (Å²) in [5, 5.41) is 0. The van der Waals surface area contributed by atoms with Crippen LogP contribution in [0.1, 0.15) is 45.2 Å². The topological polar surface area (TPSA) is 50.9 Å². The van der Waals surface area contributed by atoms with Crippen LogP contribution in [0, 0.1) is 5.92 Å². The molecule has 3 heteroatoms. The third kappa shape index (κ3) is 5.29. The van der Waals surface area contributed by atoms with Crippen molar-refractivity contribution in [2.24, 2.45) is 11.8 Å². The van der Waals surface area contributed by atoms with E-state index in [4.69, 9.17) is 5.84 Å². The summed E-state index contributed by atoms with van der Waals surface area (Å²) in [6.07, 6.45) is 7.54. The van der Waals surface area contributed by atoms with Crippen LogP contribution in [0.4, 0.5) is 0 Å². The van der Waals surface area contributed by atoms with Gasteiger partial charge in [-0.3, -0.25) is 16.3 Å². The Morgan fingerprint density at radius 3 is 2.59 bits per heavy atom. The van der Waals surface area contributed by atoms with Crippen molar-refractivity contribution in [2.45, 2.75) is 52.0 Å². The van der Waals surface area contributed by atoms with Crippen molar-refractivity contribution in [3.8, 4) is 0 Å². The first kappa shape index (κ1) is 14.1. The second kappa shape index (κ2) is 8.20. The summed E-state index contributed by atoms with van der Waals surface area (Å²) in [6.45, 7) is 4.50. The quantitative estimate of drug-likeness (QED) is 0.538. The summed E-state index contributed by atoms with van der Waals surface area (Å²) < 4.78 is 0. The fourth-order valence-electron chi connectivity index (χ4n) is 2.16. The predicted octanol–water partition coefficient (Wildman–Crippen LogP) is 2.67. The van der Waals surface area contributed by atoms with Crippen LogP contribution in [-0.2, 0) is 6.42 Å². The maximum Gasteiger partial charge on any atom is 0.0404 e. The number of pyridine rings is 1.